The Morgan fingerprint density at radius 1 is 1.43 bits per heavy atom. The Balaban J connectivity index is 2.00. The smallest absolute Gasteiger partial charge is 0.292 e. The van der Waals surface area contributed by atoms with E-state index in [-0.39, 0.29) is 0 Å². The van der Waals surface area contributed by atoms with Crippen LogP contribution >= 0.6 is 11.3 Å². The molecule has 1 heterocycles. The molecule has 0 saturated carbocycles. The second-order valence-electron chi connectivity index (χ2n) is 2.63. The molecule has 0 aromatic carbocycles. The Labute approximate surface area is 83.6 Å². The van der Waals surface area contributed by atoms with Crippen LogP contribution in [-0.2, 0) is 11.3 Å². The van der Waals surface area contributed by atoms with Crippen molar-refractivity contribution in [1.82, 2.24) is 5.48 Å². The Bertz CT molecular complexity index is 248. The van der Waals surface area contributed by atoms with E-state index in [1.54, 1.807) is 11.3 Å². The summed E-state index contributed by atoms with van der Waals surface area (Å²) < 4.78 is 34.8. The van der Waals surface area contributed by atoms with Gasteiger partial charge in [0.05, 0.1) is 0 Å². The van der Waals surface area contributed by atoms with Gasteiger partial charge in [-0.3, -0.25) is 4.84 Å². The Hall–Kier alpha value is -0.590. The molecular weight excluding hydrogens is 215 g/mol. The van der Waals surface area contributed by atoms with Crippen LogP contribution in [0.25, 0.3) is 0 Å². The van der Waals surface area contributed by atoms with Crippen molar-refractivity contribution in [2.24, 2.45) is 0 Å². The van der Waals surface area contributed by atoms with Crippen LogP contribution in [-0.4, -0.2) is 19.3 Å². The summed E-state index contributed by atoms with van der Waals surface area (Å²) in [7, 11) is 0. The summed E-state index contributed by atoms with van der Waals surface area (Å²) in [5, 5.41) is 1.92. The molecular formula is C8H10F3NOS. The number of nitrogens with one attached hydrogen (secondary N) is 1. The minimum atomic E-state index is -4.27. The third-order valence-corrected chi connectivity index (χ3v) is 2.33. The lowest BCUT2D eigenvalue weighted by Crippen LogP contribution is -2.26. The van der Waals surface area contributed by atoms with Crippen LogP contribution < -0.4 is 5.48 Å². The molecule has 80 valence electrons. The lowest BCUT2D eigenvalue weighted by Gasteiger charge is -2.07. The fourth-order valence-electron chi connectivity index (χ4n) is 0.834. The molecule has 1 rings (SSSR count). The first-order valence-corrected chi connectivity index (χ1v) is 4.90. The van der Waals surface area contributed by atoms with Gasteiger partial charge in [0, 0.05) is 11.4 Å². The number of thiophene rings is 1. The number of halogens is 3. The van der Waals surface area contributed by atoms with E-state index in [1.165, 1.54) is 0 Å². The zero-order valence-electron chi connectivity index (χ0n) is 7.30. The molecule has 0 aliphatic carbocycles. The van der Waals surface area contributed by atoms with E-state index in [4.69, 9.17) is 0 Å². The first-order chi connectivity index (χ1) is 6.58. The van der Waals surface area contributed by atoms with Crippen molar-refractivity contribution in [3.8, 4) is 0 Å². The maximum Gasteiger partial charge on any atom is 0.413 e. The summed E-state index contributed by atoms with van der Waals surface area (Å²) >= 11 is 1.57. The van der Waals surface area contributed by atoms with Crippen LogP contribution in [0.5, 0.6) is 0 Å². The number of hydrogen-bond donors (Lipinski definition) is 1. The molecule has 0 saturated heterocycles. The van der Waals surface area contributed by atoms with Crippen LogP contribution in [0.15, 0.2) is 17.5 Å². The lowest BCUT2D eigenvalue weighted by atomic mass is 10.3. The molecule has 0 unspecified atom stereocenters. The standard InChI is InChI=1S/C8H10F3NOS/c9-8(10,11)6-13-12-4-3-7-2-1-5-14-7/h1-2,5,12H,3-4,6H2. The molecule has 1 aromatic heterocycles. The van der Waals surface area contributed by atoms with Crippen molar-refractivity contribution in [1.29, 1.82) is 0 Å². The first-order valence-electron chi connectivity index (χ1n) is 4.02. The van der Waals surface area contributed by atoms with E-state index in [0.29, 0.717) is 13.0 Å². The predicted molar refractivity (Wildman–Crippen MR) is 48.0 cm³/mol. The number of hydrogen-bond acceptors (Lipinski definition) is 3. The molecule has 0 aliphatic heterocycles. The van der Waals surface area contributed by atoms with Crippen LogP contribution in [0, 0.1) is 0 Å². The van der Waals surface area contributed by atoms with Gasteiger partial charge in [0.2, 0.25) is 0 Å². The molecule has 1 N–H and O–H groups in total. The Morgan fingerprint density at radius 3 is 2.79 bits per heavy atom. The van der Waals surface area contributed by atoms with Gasteiger partial charge in [-0.05, 0) is 17.9 Å². The SMILES string of the molecule is FC(F)(F)CONCCc1cccs1. The highest BCUT2D eigenvalue weighted by Crippen LogP contribution is 2.13. The number of hydroxylamine groups is 1. The van der Waals surface area contributed by atoms with Crippen molar-refractivity contribution in [3.63, 3.8) is 0 Å². The highest BCUT2D eigenvalue weighted by Gasteiger charge is 2.27. The molecule has 0 spiro atoms. The molecule has 6 heteroatoms. The molecule has 14 heavy (non-hydrogen) atoms. The maximum atomic E-state index is 11.6. The van der Waals surface area contributed by atoms with Gasteiger partial charge in [-0.25, -0.2) is 5.48 Å². The van der Waals surface area contributed by atoms with Gasteiger partial charge in [-0.2, -0.15) is 13.2 Å². The van der Waals surface area contributed by atoms with Crippen LogP contribution in [0.2, 0.25) is 0 Å². The van der Waals surface area contributed by atoms with Crippen LogP contribution in [0.4, 0.5) is 13.2 Å². The van der Waals surface area contributed by atoms with E-state index < -0.39 is 12.8 Å². The normalized spacial score (nSPS) is 11.9. The zero-order chi connectivity index (χ0) is 10.4. The van der Waals surface area contributed by atoms with Gasteiger partial charge in [-0.1, -0.05) is 6.07 Å². The summed E-state index contributed by atoms with van der Waals surface area (Å²) in [4.78, 5) is 5.34. The summed E-state index contributed by atoms with van der Waals surface area (Å²) in [5.74, 6) is 0. The maximum absolute atomic E-state index is 11.6. The minimum Gasteiger partial charge on any atom is -0.292 e. The van der Waals surface area contributed by atoms with Gasteiger partial charge >= 0.3 is 6.18 Å². The quantitative estimate of drug-likeness (QED) is 0.613. The summed E-state index contributed by atoms with van der Waals surface area (Å²) in [6.45, 7) is -0.867. The van der Waals surface area contributed by atoms with E-state index >= 15 is 0 Å². The van der Waals surface area contributed by atoms with E-state index in [2.05, 4.69) is 10.3 Å². The molecule has 0 aliphatic rings. The number of alkyl halides is 3. The third kappa shape index (κ3) is 5.21. The summed E-state index contributed by atoms with van der Waals surface area (Å²) in [5.41, 5.74) is 2.27. The van der Waals surface area contributed by atoms with E-state index in [1.807, 2.05) is 17.5 Å². The van der Waals surface area contributed by atoms with Crippen molar-refractivity contribution in [2.45, 2.75) is 12.6 Å². The fraction of sp³-hybridized carbons (Fsp3) is 0.500. The predicted octanol–water partition coefficient (Wildman–Crippen LogP) is 2.37. The molecule has 0 atom stereocenters. The van der Waals surface area contributed by atoms with Crippen LogP contribution in [0.1, 0.15) is 4.88 Å². The molecule has 0 fully saturated rings. The van der Waals surface area contributed by atoms with Gasteiger partial charge in [0.25, 0.3) is 0 Å². The van der Waals surface area contributed by atoms with Crippen molar-refractivity contribution in [2.75, 3.05) is 13.2 Å². The molecule has 0 bridgehead atoms. The highest BCUT2D eigenvalue weighted by atomic mass is 32.1. The fourth-order valence-corrected chi connectivity index (χ4v) is 1.54. The van der Waals surface area contributed by atoms with Crippen molar-refractivity contribution in [3.05, 3.63) is 22.4 Å². The molecule has 0 amide bonds. The largest absolute Gasteiger partial charge is 0.413 e. The Kier molecular flexibility index (Phi) is 4.37. The second-order valence-corrected chi connectivity index (χ2v) is 3.66. The monoisotopic (exact) mass is 225 g/mol. The first kappa shape index (κ1) is 11.5. The second kappa shape index (κ2) is 5.33. The van der Waals surface area contributed by atoms with Crippen LogP contribution in [0.3, 0.4) is 0 Å². The van der Waals surface area contributed by atoms with E-state index in [0.717, 1.165) is 4.88 Å². The summed E-state index contributed by atoms with van der Waals surface area (Å²) in [6, 6.07) is 3.83. The molecule has 2 nitrogen and oxygen atoms in total. The Morgan fingerprint density at radius 2 is 2.21 bits per heavy atom. The minimum absolute atomic E-state index is 0.386. The van der Waals surface area contributed by atoms with Crippen molar-refractivity contribution >= 4 is 11.3 Å². The zero-order valence-corrected chi connectivity index (χ0v) is 8.12. The summed E-state index contributed by atoms with van der Waals surface area (Å²) in [6.07, 6.45) is -3.59. The molecule has 1 aromatic rings. The van der Waals surface area contributed by atoms with Gasteiger partial charge < -0.3 is 0 Å². The lowest BCUT2D eigenvalue weighted by molar-refractivity contribution is -0.189. The number of rotatable bonds is 5. The van der Waals surface area contributed by atoms with E-state index in [9.17, 15) is 13.2 Å². The van der Waals surface area contributed by atoms with Gasteiger partial charge in [0.1, 0.15) is 0 Å². The molecule has 0 radical (unpaired) electrons. The third-order valence-electron chi connectivity index (χ3n) is 1.39. The highest BCUT2D eigenvalue weighted by molar-refractivity contribution is 7.09. The topological polar surface area (TPSA) is 21.3 Å². The van der Waals surface area contributed by atoms with Gasteiger partial charge in [-0.15, -0.1) is 11.3 Å². The average molecular weight is 225 g/mol. The average Bonchev–Trinajstić information content (AvgIpc) is 2.54. The van der Waals surface area contributed by atoms with Crippen molar-refractivity contribution < 1.29 is 18.0 Å². The van der Waals surface area contributed by atoms with Gasteiger partial charge in [0.15, 0.2) is 6.61 Å².